The number of aryl methyl sites for hydroxylation is 1. The highest BCUT2D eigenvalue weighted by Gasteiger charge is 2.04. The fraction of sp³-hybridized carbons (Fsp3) is 0.200. The molecule has 0 aliphatic heterocycles. The summed E-state index contributed by atoms with van der Waals surface area (Å²) in [5.74, 6) is -0.340. The summed E-state index contributed by atoms with van der Waals surface area (Å²) in [5, 5.41) is 2.77. The largest absolute Gasteiger partial charge is 0.352 e. The van der Waals surface area contributed by atoms with Gasteiger partial charge in [-0.1, -0.05) is 12.1 Å². The molecule has 0 saturated heterocycles. The Kier molecular flexibility index (Phi) is 4.23. The molecule has 0 fully saturated rings. The van der Waals surface area contributed by atoms with E-state index in [1.165, 1.54) is 6.07 Å². The Bertz CT molecular complexity index is 570. The molecule has 0 aliphatic rings. The molecular formula is C15H15FN2O. The van der Waals surface area contributed by atoms with Crippen molar-refractivity contribution in [1.29, 1.82) is 0 Å². The molecule has 1 amide bonds. The number of halogens is 1. The Morgan fingerprint density at radius 2 is 1.95 bits per heavy atom. The number of hydrogen-bond acceptors (Lipinski definition) is 2. The monoisotopic (exact) mass is 258 g/mol. The molecule has 4 heteroatoms. The highest BCUT2D eigenvalue weighted by Crippen LogP contribution is 2.09. The molecule has 1 N–H and O–H groups in total. The molecule has 19 heavy (non-hydrogen) atoms. The van der Waals surface area contributed by atoms with Crippen LogP contribution in [0.15, 0.2) is 42.7 Å². The lowest BCUT2D eigenvalue weighted by molar-refractivity contribution is -0.120. The Hall–Kier alpha value is -2.23. The Morgan fingerprint density at radius 3 is 2.63 bits per heavy atom. The molecule has 0 radical (unpaired) electrons. The van der Waals surface area contributed by atoms with Crippen molar-refractivity contribution in [3.63, 3.8) is 0 Å². The van der Waals surface area contributed by atoms with Gasteiger partial charge in [-0.05, 0) is 41.8 Å². The zero-order valence-electron chi connectivity index (χ0n) is 10.7. The van der Waals surface area contributed by atoms with E-state index in [0.29, 0.717) is 18.5 Å². The maximum atomic E-state index is 13.3. The third-order valence-electron chi connectivity index (χ3n) is 2.84. The maximum absolute atomic E-state index is 13.3. The summed E-state index contributed by atoms with van der Waals surface area (Å²) in [7, 11) is 0. The Labute approximate surface area is 111 Å². The van der Waals surface area contributed by atoms with Crippen LogP contribution in [0.4, 0.5) is 4.39 Å². The zero-order valence-corrected chi connectivity index (χ0v) is 10.7. The van der Waals surface area contributed by atoms with Crippen molar-refractivity contribution in [2.45, 2.75) is 19.9 Å². The minimum absolute atomic E-state index is 0.0906. The first-order chi connectivity index (χ1) is 9.15. The Morgan fingerprint density at radius 1 is 1.21 bits per heavy atom. The van der Waals surface area contributed by atoms with Gasteiger partial charge in [0.2, 0.25) is 5.91 Å². The van der Waals surface area contributed by atoms with E-state index in [4.69, 9.17) is 0 Å². The van der Waals surface area contributed by atoms with Crippen LogP contribution in [0, 0.1) is 12.7 Å². The van der Waals surface area contributed by atoms with Gasteiger partial charge < -0.3 is 5.32 Å². The summed E-state index contributed by atoms with van der Waals surface area (Å²) >= 11 is 0. The lowest BCUT2D eigenvalue weighted by atomic mass is 10.1. The molecule has 2 rings (SSSR count). The van der Waals surface area contributed by atoms with Crippen molar-refractivity contribution in [3.05, 3.63) is 65.2 Å². The third-order valence-corrected chi connectivity index (χ3v) is 2.84. The standard InChI is InChI=1S/C15H15FN2O/c1-11-2-3-13(8-14(11)16)10-18-15(19)9-12-4-6-17-7-5-12/h2-8H,9-10H2,1H3,(H,18,19). The molecule has 98 valence electrons. The van der Waals surface area contributed by atoms with Crippen molar-refractivity contribution < 1.29 is 9.18 Å². The predicted molar refractivity (Wildman–Crippen MR) is 70.9 cm³/mol. The lowest BCUT2D eigenvalue weighted by Gasteiger charge is -2.06. The van der Waals surface area contributed by atoms with Crippen molar-refractivity contribution >= 4 is 5.91 Å². The van der Waals surface area contributed by atoms with E-state index in [1.54, 1.807) is 37.5 Å². The summed E-state index contributed by atoms with van der Waals surface area (Å²) in [6.07, 6.45) is 3.60. The van der Waals surface area contributed by atoms with E-state index in [0.717, 1.165) is 11.1 Å². The molecule has 1 aromatic heterocycles. The number of pyridine rings is 1. The maximum Gasteiger partial charge on any atom is 0.224 e. The second-order valence-corrected chi connectivity index (χ2v) is 4.39. The van der Waals surface area contributed by atoms with Gasteiger partial charge in [0.25, 0.3) is 0 Å². The number of aromatic nitrogens is 1. The van der Waals surface area contributed by atoms with E-state index in [9.17, 15) is 9.18 Å². The molecule has 0 aliphatic carbocycles. The van der Waals surface area contributed by atoms with E-state index >= 15 is 0 Å². The van der Waals surface area contributed by atoms with Crippen LogP contribution in [0.25, 0.3) is 0 Å². The van der Waals surface area contributed by atoms with Crippen molar-refractivity contribution in [2.24, 2.45) is 0 Å². The molecule has 0 saturated carbocycles. The van der Waals surface area contributed by atoms with Crippen LogP contribution in [-0.4, -0.2) is 10.9 Å². The molecule has 1 heterocycles. The highest BCUT2D eigenvalue weighted by atomic mass is 19.1. The van der Waals surface area contributed by atoms with E-state index < -0.39 is 0 Å². The SMILES string of the molecule is Cc1ccc(CNC(=O)Cc2ccncc2)cc1F. The number of nitrogens with one attached hydrogen (secondary N) is 1. The summed E-state index contributed by atoms with van der Waals surface area (Å²) < 4.78 is 13.3. The molecule has 0 bridgehead atoms. The number of nitrogens with zero attached hydrogens (tertiary/aromatic N) is 1. The fourth-order valence-corrected chi connectivity index (χ4v) is 1.70. The number of hydrogen-bond donors (Lipinski definition) is 1. The summed E-state index contributed by atoms with van der Waals surface area (Å²) in [6, 6.07) is 8.56. The second kappa shape index (κ2) is 6.09. The molecule has 0 unspecified atom stereocenters. The van der Waals surface area contributed by atoms with Gasteiger partial charge in [0.05, 0.1) is 6.42 Å². The zero-order chi connectivity index (χ0) is 13.7. The number of rotatable bonds is 4. The average Bonchev–Trinajstić information content (AvgIpc) is 2.41. The molecule has 3 nitrogen and oxygen atoms in total. The summed E-state index contributed by atoms with van der Waals surface area (Å²) in [5.41, 5.74) is 2.26. The predicted octanol–water partition coefficient (Wildman–Crippen LogP) is 2.39. The van der Waals surface area contributed by atoms with E-state index in [1.807, 2.05) is 6.07 Å². The molecule has 1 aromatic carbocycles. The molecule has 2 aromatic rings. The van der Waals surface area contributed by atoms with Crippen LogP contribution in [0.5, 0.6) is 0 Å². The van der Waals surface area contributed by atoms with Crippen LogP contribution in [0.1, 0.15) is 16.7 Å². The molecule has 0 atom stereocenters. The van der Waals surface area contributed by atoms with Crippen molar-refractivity contribution in [1.82, 2.24) is 10.3 Å². The minimum atomic E-state index is -0.249. The average molecular weight is 258 g/mol. The van der Waals surface area contributed by atoms with Crippen LogP contribution < -0.4 is 5.32 Å². The van der Waals surface area contributed by atoms with Crippen LogP contribution in [0.2, 0.25) is 0 Å². The second-order valence-electron chi connectivity index (χ2n) is 4.39. The number of benzene rings is 1. The van der Waals surface area contributed by atoms with Crippen molar-refractivity contribution in [3.8, 4) is 0 Å². The highest BCUT2D eigenvalue weighted by molar-refractivity contribution is 5.78. The molecule has 0 spiro atoms. The van der Waals surface area contributed by atoms with Crippen LogP contribution >= 0.6 is 0 Å². The van der Waals surface area contributed by atoms with Gasteiger partial charge in [0, 0.05) is 18.9 Å². The number of carbonyl (C=O) groups is 1. The fourth-order valence-electron chi connectivity index (χ4n) is 1.70. The topological polar surface area (TPSA) is 42.0 Å². The van der Waals surface area contributed by atoms with Crippen LogP contribution in [-0.2, 0) is 17.8 Å². The van der Waals surface area contributed by atoms with Crippen LogP contribution in [0.3, 0.4) is 0 Å². The summed E-state index contributed by atoms with van der Waals surface area (Å²) in [4.78, 5) is 15.6. The lowest BCUT2D eigenvalue weighted by Crippen LogP contribution is -2.24. The first-order valence-electron chi connectivity index (χ1n) is 6.06. The van der Waals surface area contributed by atoms with Crippen molar-refractivity contribution in [2.75, 3.05) is 0 Å². The van der Waals surface area contributed by atoms with Gasteiger partial charge in [-0.15, -0.1) is 0 Å². The normalized spacial score (nSPS) is 10.2. The first kappa shape index (κ1) is 13.2. The Balaban J connectivity index is 1.88. The quantitative estimate of drug-likeness (QED) is 0.915. The third kappa shape index (κ3) is 3.88. The summed E-state index contributed by atoms with van der Waals surface area (Å²) in [6.45, 7) is 2.04. The first-order valence-corrected chi connectivity index (χ1v) is 6.06. The van der Waals surface area contributed by atoms with E-state index in [2.05, 4.69) is 10.3 Å². The number of amides is 1. The number of carbonyl (C=O) groups excluding carboxylic acids is 1. The van der Waals surface area contributed by atoms with Gasteiger partial charge in [-0.25, -0.2) is 4.39 Å². The van der Waals surface area contributed by atoms with Gasteiger partial charge in [0.1, 0.15) is 5.82 Å². The van der Waals surface area contributed by atoms with E-state index in [-0.39, 0.29) is 11.7 Å². The molecular weight excluding hydrogens is 243 g/mol. The smallest absolute Gasteiger partial charge is 0.224 e. The van der Waals surface area contributed by atoms with Gasteiger partial charge >= 0.3 is 0 Å². The van der Waals surface area contributed by atoms with Gasteiger partial charge in [-0.2, -0.15) is 0 Å². The van der Waals surface area contributed by atoms with Gasteiger partial charge in [-0.3, -0.25) is 9.78 Å². The van der Waals surface area contributed by atoms with Gasteiger partial charge in [0.15, 0.2) is 0 Å². The minimum Gasteiger partial charge on any atom is -0.352 e.